The van der Waals surface area contributed by atoms with Gasteiger partial charge in [-0.2, -0.15) is 0 Å². The van der Waals surface area contributed by atoms with E-state index in [1.165, 1.54) is 31.2 Å². The molecule has 0 radical (unpaired) electrons. The number of aryl methyl sites for hydroxylation is 1. The van der Waals surface area contributed by atoms with Crippen molar-refractivity contribution in [3.63, 3.8) is 0 Å². The summed E-state index contributed by atoms with van der Waals surface area (Å²) in [6, 6.07) is 22.0. The largest absolute Gasteiger partial charge is 0.495 e. The molecule has 0 aliphatic carbocycles. The first kappa shape index (κ1) is 28.7. The second-order valence-electron chi connectivity index (χ2n) is 8.86. The van der Waals surface area contributed by atoms with Crippen LogP contribution in [0.15, 0.2) is 83.8 Å². The van der Waals surface area contributed by atoms with E-state index in [9.17, 15) is 18.0 Å². The number of benzene rings is 3. The van der Waals surface area contributed by atoms with Crippen LogP contribution in [0.3, 0.4) is 0 Å². The van der Waals surface area contributed by atoms with Crippen molar-refractivity contribution in [2.24, 2.45) is 0 Å². The minimum atomic E-state index is -4.15. The smallest absolute Gasteiger partial charge is 0.264 e. The highest BCUT2D eigenvalue weighted by atomic mass is 32.2. The second kappa shape index (κ2) is 13.1. The standard InChI is InChI=1S/C29H35N3O5S/c1-5-25(29(34)30-3)31(20-19-23-11-7-6-8-12-23)28(33)21-32(26-13-9-10-14-27(26)37-4)38(35,36)24-17-15-22(2)16-18-24/h6-18,25H,5,19-21H2,1-4H3,(H,30,34). The fraction of sp³-hybridized carbons (Fsp3) is 0.310. The highest BCUT2D eigenvalue weighted by Gasteiger charge is 2.34. The van der Waals surface area contributed by atoms with E-state index in [0.29, 0.717) is 18.6 Å². The zero-order valence-electron chi connectivity index (χ0n) is 22.3. The maximum Gasteiger partial charge on any atom is 0.264 e. The molecule has 0 heterocycles. The van der Waals surface area contributed by atoms with E-state index in [1.54, 1.807) is 36.4 Å². The lowest BCUT2D eigenvalue weighted by molar-refractivity contribution is -0.139. The first-order valence-corrected chi connectivity index (χ1v) is 13.9. The van der Waals surface area contributed by atoms with Crippen molar-refractivity contribution in [1.29, 1.82) is 0 Å². The van der Waals surface area contributed by atoms with Crippen molar-refractivity contribution in [3.8, 4) is 5.75 Å². The minimum absolute atomic E-state index is 0.0518. The molecule has 0 fully saturated rings. The molecule has 0 aliphatic rings. The van der Waals surface area contributed by atoms with Crippen LogP contribution in [0, 0.1) is 6.92 Å². The Morgan fingerprint density at radius 1 is 0.947 bits per heavy atom. The number of hydrogen-bond acceptors (Lipinski definition) is 5. The van der Waals surface area contributed by atoms with Crippen LogP contribution in [0.5, 0.6) is 5.75 Å². The Labute approximate surface area is 225 Å². The van der Waals surface area contributed by atoms with Gasteiger partial charge >= 0.3 is 0 Å². The predicted molar refractivity (Wildman–Crippen MR) is 149 cm³/mol. The van der Waals surface area contributed by atoms with Crippen LogP contribution in [0.25, 0.3) is 0 Å². The van der Waals surface area contributed by atoms with Crippen LogP contribution in [-0.4, -0.2) is 58.4 Å². The Kier molecular flexibility index (Phi) is 9.90. The first-order valence-electron chi connectivity index (χ1n) is 12.5. The van der Waals surface area contributed by atoms with Crippen molar-refractivity contribution in [2.75, 3.05) is 31.6 Å². The second-order valence-corrected chi connectivity index (χ2v) is 10.7. The molecule has 1 N–H and O–H groups in total. The number of hydrogen-bond donors (Lipinski definition) is 1. The monoisotopic (exact) mass is 537 g/mol. The van der Waals surface area contributed by atoms with Gasteiger partial charge in [-0.1, -0.05) is 67.1 Å². The van der Waals surface area contributed by atoms with Gasteiger partial charge in [-0.25, -0.2) is 8.42 Å². The van der Waals surface area contributed by atoms with Crippen LogP contribution in [0.2, 0.25) is 0 Å². The fourth-order valence-corrected chi connectivity index (χ4v) is 5.67. The number of methoxy groups -OCH3 is 1. The SMILES string of the molecule is CCC(C(=O)NC)N(CCc1ccccc1)C(=O)CN(c1ccccc1OC)S(=O)(=O)c1ccc(C)cc1. The molecule has 3 aromatic rings. The molecule has 0 bridgehead atoms. The van der Waals surface area contributed by atoms with Gasteiger partial charge in [0.15, 0.2) is 0 Å². The summed E-state index contributed by atoms with van der Waals surface area (Å²) in [4.78, 5) is 28.2. The Morgan fingerprint density at radius 2 is 1.58 bits per heavy atom. The lowest BCUT2D eigenvalue weighted by Crippen LogP contribution is -2.52. The molecule has 0 saturated carbocycles. The number of rotatable bonds is 12. The number of nitrogens with one attached hydrogen (secondary N) is 1. The van der Waals surface area contributed by atoms with E-state index in [-0.39, 0.29) is 23.0 Å². The number of sulfonamides is 1. The molecule has 0 spiro atoms. The predicted octanol–water partition coefficient (Wildman–Crippen LogP) is 3.79. The van der Waals surface area contributed by atoms with Gasteiger partial charge in [-0.05, 0) is 49.6 Å². The van der Waals surface area contributed by atoms with E-state index in [4.69, 9.17) is 4.74 Å². The Balaban J connectivity index is 2.04. The molecule has 1 unspecified atom stereocenters. The van der Waals surface area contributed by atoms with E-state index < -0.39 is 28.5 Å². The summed E-state index contributed by atoms with van der Waals surface area (Å²) in [7, 11) is -1.18. The minimum Gasteiger partial charge on any atom is -0.495 e. The average Bonchev–Trinajstić information content (AvgIpc) is 2.94. The molecule has 0 saturated heterocycles. The van der Waals surface area contributed by atoms with Gasteiger partial charge < -0.3 is 15.0 Å². The van der Waals surface area contributed by atoms with Crippen LogP contribution in [0.4, 0.5) is 5.69 Å². The van der Waals surface area contributed by atoms with Gasteiger partial charge in [0.05, 0.1) is 17.7 Å². The van der Waals surface area contributed by atoms with Gasteiger partial charge in [0.25, 0.3) is 10.0 Å². The molecular weight excluding hydrogens is 502 g/mol. The zero-order chi connectivity index (χ0) is 27.7. The van der Waals surface area contributed by atoms with Crippen LogP contribution >= 0.6 is 0 Å². The number of likely N-dealkylation sites (N-methyl/N-ethyl adjacent to an activating group) is 1. The summed E-state index contributed by atoms with van der Waals surface area (Å²) in [5.41, 5.74) is 2.15. The third-order valence-electron chi connectivity index (χ3n) is 6.36. The highest BCUT2D eigenvalue weighted by molar-refractivity contribution is 7.92. The average molecular weight is 538 g/mol. The number of amides is 2. The molecule has 202 valence electrons. The van der Waals surface area contributed by atoms with E-state index in [1.807, 2.05) is 44.2 Å². The molecule has 0 aromatic heterocycles. The third-order valence-corrected chi connectivity index (χ3v) is 8.13. The number of nitrogens with zero attached hydrogens (tertiary/aromatic N) is 2. The molecule has 2 amide bonds. The topological polar surface area (TPSA) is 96.0 Å². The maximum atomic E-state index is 13.9. The van der Waals surface area contributed by atoms with Crippen molar-refractivity contribution >= 4 is 27.5 Å². The molecule has 0 aliphatic heterocycles. The molecule has 1 atom stereocenters. The molecule has 3 aromatic carbocycles. The lowest BCUT2D eigenvalue weighted by atomic mass is 10.1. The highest BCUT2D eigenvalue weighted by Crippen LogP contribution is 2.32. The summed E-state index contributed by atoms with van der Waals surface area (Å²) in [5, 5.41) is 2.63. The number of anilines is 1. The van der Waals surface area contributed by atoms with Crippen molar-refractivity contribution in [3.05, 3.63) is 90.0 Å². The quantitative estimate of drug-likeness (QED) is 0.379. The fourth-order valence-electron chi connectivity index (χ4n) is 4.25. The molecule has 9 heteroatoms. The summed E-state index contributed by atoms with van der Waals surface area (Å²) >= 11 is 0. The van der Waals surface area contributed by atoms with E-state index >= 15 is 0 Å². The van der Waals surface area contributed by atoms with Crippen LogP contribution in [0.1, 0.15) is 24.5 Å². The number of para-hydroxylation sites is 2. The van der Waals surface area contributed by atoms with Crippen molar-refractivity contribution in [2.45, 2.75) is 37.6 Å². The Morgan fingerprint density at radius 3 is 2.18 bits per heavy atom. The Bertz CT molecular complexity index is 1330. The molecule has 3 rings (SSSR count). The summed E-state index contributed by atoms with van der Waals surface area (Å²) < 4.78 is 34.3. The maximum absolute atomic E-state index is 13.9. The van der Waals surface area contributed by atoms with E-state index in [2.05, 4.69) is 5.32 Å². The lowest BCUT2D eigenvalue weighted by Gasteiger charge is -2.33. The molecular formula is C29H35N3O5S. The summed E-state index contributed by atoms with van der Waals surface area (Å²) in [6.45, 7) is 3.44. The van der Waals surface area contributed by atoms with Gasteiger partial charge in [0.2, 0.25) is 11.8 Å². The number of ether oxygens (including phenoxy) is 1. The molecule has 8 nitrogen and oxygen atoms in total. The number of carbonyl (C=O) groups is 2. The normalized spacial score (nSPS) is 11.9. The summed E-state index contributed by atoms with van der Waals surface area (Å²) in [5.74, 6) is -0.484. The van der Waals surface area contributed by atoms with Gasteiger partial charge in [0.1, 0.15) is 18.3 Å². The zero-order valence-corrected chi connectivity index (χ0v) is 23.1. The summed E-state index contributed by atoms with van der Waals surface area (Å²) in [6.07, 6.45) is 0.888. The van der Waals surface area contributed by atoms with Gasteiger partial charge in [-0.3, -0.25) is 13.9 Å². The van der Waals surface area contributed by atoms with Crippen LogP contribution in [-0.2, 0) is 26.0 Å². The van der Waals surface area contributed by atoms with Gasteiger partial charge in [-0.15, -0.1) is 0 Å². The number of carbonyl (C=O) groups excluding carboxylic acids is 2. The third kappa shape index (κ3) is 6.72. The van der Waals surface area contributed by atoms with E-state index in [0.717, 1.165) is 15.4 Å². The van der Waals surface area contributed by atoms with Gasteiger partial charge in [0, 0.05) is 13.6 Å². The first-order chi connectivity index (χ1) is 18.2. The van der Waals surface area contributed by atoms with Crippen molar-refractivity contribution in [1.82, 2.24) is 10.2 Å². The Hall–Kier alpha value is -3.85. The molecule has 38 heavy (non-hydrogen) atoms. The van der Waals surface area contributed by atoms with Crippen molar-refractivity contribution < 1.29 is 22.7 Å². The van der Waals surface area contributed by atoms with Crippen LogP contribution < -0.4 is 14.4 Å².